The van der Waals surface area contributed by atoms with Gasteiger partial charge in [-0.3, -0.25) is 0 Å². The predicted molar refractivity (Wildman–Crippen MR) is 57.6 cm³/mol. The molecule has 1 aromatic rings. The minimum Gasteiger partial charge on any atom is -0.507 e. The van der Waals surface area contributed by atoms with Gasteiger partial charge in [0, 0.05) is 20.1 Å². The number of halogens is 2. The Bertz CT molecular complexity index is 308. The topological polar surface area (TPSA) is 20.2 Å². The van der Waals surface area contributed by atoms with Crippen molar-refractivity contribution >= 4 is 31.9 Å². The highest BCUT2D eigenvalue weighted by Gasteiger charge is 2.09. The average Bonchev–Trinajstić information content (AvgIpc) is 2.01. The summed E-state index contributed by atoms with van der Waals surface area (Å²) in [6, 6.07) is 1.97. The van der Waals surface area contributed by atoms with E-state index in [1.807, 2.05) is 19.9 Å². The predicted octanol–water partition coefficient (Wildman–Crippen LogP) is 3.79. The van der Waals surface area contributed by atoms with Crippen LogP contribution >= 0.6 is 31.9 Å². The molecule has 0 aliphatic heterocycles. The summed E-state index contributed by atoms with van der Waals surface area (Å²) >= 11 is 6.77. The van der Waals surface area contributed by atoms with E-state index in [1.165, 1.54) is 0 Å². The van der Waals surface area contributed by atoms with Gasteiger partial charge in [-0.25, -0.2) is 0 Å². The monoisotopic (exact) mass is 292 g/mol. The fourth-order valence-corrected chi connectivity index (χ4v) is 2.52. The van der Waals surface area contributed by atoms with Crippen molar-refractivity contribution in [3.8, 4) is 5.75 Å². The largest absolute Gasteiger partial charge is 0.507 e. The molecule has 3 heteroatoms. The third-order valence-electron chi connectivity index (χ3n) is 1.89. The van der Waals surface area contributed by atoms with E-state index in [-0.39, 0.29) is 0 Å². The number of aromatic hydroxyl groups is 1. The van der Waals surface area contributed by atoms with Crippen LogP contribution in [0.5, 0.6) is 5.75 Å². The molecular weight excluding hydrogens is 284 g/mol. The Hall–Kier alpha value is -0.0200. The summed E-state index contributed by atoms with van der Waals surface area (Å²) in [7, 11) is 0. The van der Waals surface area contributed by atoms with E-state index in [4.69, 9.17) is 0 Å². The second-order valence-corrected chi connectivity index (χ2v) is 4.35. The van der Waals surface area contributed by atoms with Crippen LogP contribution in [0.15, 0.2) is 15.0 Å². The zero-order valence-electron chi connectivity index (χ0n) is 6.99. The molecule has 0 saturated heterocycles. The summed E-state index contributed by atoms with van der Waals surface area (Å²) in [5.74, 6) is 0.388. The molecule has 0 bridgehead atoms. The number of hydrogen-bond donors (Lipinski definition) is 1. The molecule has 1 N–H and O–H groups in total. The zero-order valence-corrected chi connectivity index (χ0v) is 10.2. The molecule has 0 amide bonds. The van der Waals surface area contributed by atoms with Gasteiger partial charge in [0.1, 0.15) is 5.75 Å². The van der Waals surface area contributed by atoms with Crippen molar-refractivity contribution < 1.29 is 5.11 Å². The molecule has 0 saturated carbocycles. The van der Waals surface area contributed by atoms with Gasteiger partial charge in [-0.1, -0.05) is 38.8 Å². The van der Waals surface area contributed by atoms with Gasteiger partial charge in [-0.15, -0.1) is 0 Å². The second-order valence-electron chi connectivity index (χ2n) is 2.65. The van der Waals surface area contributed by atoms with Crippen LogP contribution in [-0.2, 0) is 6.42 Å². The van der Waals surface area contributed by atoms with Gasteiger partial charge in [-0.2, -0.15) is 0 Å². The lowest BCUT2D eigenvalue weighted by Crippen LogP contribution is -1.88. The van der Waals surface area contributed by atoms with Crippen molar-refractivity contribution in [1.29, 1.82) is 0 Å². The molecule has 0 aromatic heterocycles. The summed E-state index contributed by atoms with van der Waals surface area (Å²) < 4.78 is 1.89. The Kier molecular flexibility index (Phi) is 3.18. The quantitative estimate of drug-likeness (QED) is 0.835. The van der Waals surface area contributed by atoms with Gasteiger partial charge in [0.05, 0.1) is 0 Å². The summed E-state index contributed by atoms with van der Waals surface area (Å²) in [5.41, 5.74) is 1.87. The van der Waals surface area contributed by atoms with Crippen molar-refractivity contribution in [3.05, 3.63) is 26.1 Å². The van der Waals surface area contributed by atoms with Crippen molar-refractivity contribution in [2.75, 3.05) is 0 Å². The van der Waals surface area contributed by atoms with E-state index in [0.717, 1.165) is 26.5 Å². The van der Waals surface area contributed by atoms with Crippen LogP contribution in [0.4, 0.5) is 0 Å². The summed E-state index contributed by atoms with van der Waals surface area (Å²) in [6.07, 6.45) is 0.834. The minimum atomic E-state index is 0.388. The Morgan fingerprint density at radius 2 is 1.92 bits per heavy atom. The Morgan fingerprint density at radius 3 is 2.42 bits per heavy atom. The summed E-state index contributed by atoms with van der Waals surface area (Å²) in [5, 5.41) is 9.70. The average molecular weight is 294 g/mol. The fourth-order valence-electron chi connectivity index (χ4n) is 1.10. The first kappa shape index (κ1) is 10.1. The first-order valence-electron chi connectivity index (χ1n) is 3.74. The molecule has 0 atom stereocenters. The maximum atomic E-state index is 9.70. The molecule has 66 valence electrons. The fraction of sp³-hybridized carbons (Fsp3) is 0.333. The molecule has 12 heavy (non-hydrogen) atoms. The van der Waals surface area contributed by atoms with Gasteiger partial charge in [0.15, 0.2) is 0 Å². The molecule has 1 nitrogen and oxygen atoms in total. The number of hydrogen-bond acceptors (Lipinski definition) is 1. The van der Waals surface area contributed by atoms with Crippen molar-refractivity contribution in [2.45, 2.75) is 20.3 Å². The van der Waals surface area contributed by atoms with E-state index in [0.29, 0.717) is 5.75 Å². The molecule has 0 aliphatic rings. The minimum absolute atomic E-state index is 0.388. The number of phenolic OH excluding ortho intramolecular Hbond substituents is 1. The van der Waals surface area contributed by atoms with Crippen LogP contribution in [0, 0.1) is 6.92 Å². The van der Waals surface area contributed by atoms with E-state index in [1.54, 1.807) is 0 Å². The maximum absolute atomic E-state index is 9.70. The van der Waals surface area contributed by atoms with Crippen LogP contribution < -0.4 is 0 Å². The molecule has 0 unspecified atom stereocenters. The van der Waals surface area contributed by atoms with Crippen LogP contribution in [0.3, 0.4) is 0 Å². The summed E-state index contributed by atoms with van der Waals surface area (Å²) in [6.45, 7) is 3.91. The van der Waals surface area contributed by atoms with E-state index in [9.17, 15) is 5.11 Å². The highest BCUT2D eigenvalue weighted by Crippen LogP contribution is 2.35. The first-order chi connectivity index (χ1) is 5.57. The van der Waals surface area contributed by atoms with E-state index >= 15 is 0 Å². The SMILES string of the molecule is CCc1c(Br)cc(Br)c(C)c1O. The molecule has 1 aromatic carbocycles. The lowest BCUT2D eigenvalue weighted by atomic mass is 10.1. The molecule has 0 spiro atoms. The van der Waals surface area contributed by atoms with Crippen LogP contribution in [0.2, 0.25) is 0 Å². The smallest absolute Gasteiger partial charge is 0.123 e. The van der Waals surface area contributed by atoms with Gasteiger partial charge >= 0.3 is 0 Å². The molecule has 0 aliphatic carbocycles. The standard InChI is InChI=1S/C9H10Br2O/c1-3-6-8(11)4-7(10)5(2)9(6)12/h4,12H,3H2,1-2H3. The van der Waals surface area contributed by atoms with E-state index < -0.39 is 0 Å². The van der Waals surface area contributed by atoms with Crippen LogP contribution in [0.25, 0.3) is 0 Å². The Labute approximate surface area is 89.1 Å². The molecule has 0 fully saturated rings. The molecule has 0 heterocycles. The molecule has 0 radical (unpaired) electrons. The molecule has 1 rings (SSSR count). The maximum Gasteiger partial charge on any atom is 0.123 e. The number of benzene rings is 1. The van der Waals surface area contributed by atoms with Gasteiger partial charge in [0.2, 0.25) is 0 Å². The van der Waals surface area contributed by atoms with Crippen LogP contribution in [0.1, 0.15) is 18.1 Å². The second kappa shape index (κ2) is 3.79. The van der Waals surface area contributed by atoms with Crippen molar-refractivity contribution in [1.82, 2.24) is 0 Å². The van der Waals surface area contributed by atoms with Crippen molar-refractivity contribution in [2.24, 2.45) is 0 Å². The number of rotatable bonds is 1. The normalized spacial score (nSPS) is 10.3. The van der Waals surface area contributed by atoms with Gasteiger partial charge in [0.25, 0.3) is 0 Å². The lowest BCUT2D eigenvalue weighted by Gasteiger charge is -2.09. The highest BCUT2D eigenvalue weighted by atomic mass is 79.9. The Morgan fingerprint density at radius 1 is 1.33 bits per heavy atom. The third-order valence-corrected chi connectivity index (χ3v) is 3.43. The van der Waals surface area contributed by atoms with Gasteiger partial charge < -0.3 is 5.11 Å². The van der Waals surface area contributed by atoms with E-state index in [2.05, 4.69) is 31.9 Å². The van der Waals surface area contributed by atoms with Crippen molar-refractivity contribution in [3.63, 3.8) is 0 Å². The van der Waals surface area contributed by atoms with Gasteiger partial charge in [-0.05, 0) is 19.4 Å². The third kappa shape index (κ3) is 1.67. The first-order valence-corrected chi connectivity index (χ1v) is 5.33. The van der Waals surface area contributed by atoms with Crippen LogP contribution in [-0.4, -0.2) is 5.11 Å². The Balaban J connectivity index is 3.40. The summed E-state index contributed by atoms with van der Waals surface area (Å²) in [4.78, 5) is 0. The lowest BCUT2D eigenvalue weighted by molar-refractivity contribution is 0.463. The molecular formula is C9H10Br2O. The number of phenols is 1. The zero-order chi connectivity index (χ0) is 9.30. The highest BCUT2D eigenvalue weighted by molar-refractivity contribution is 9.11.